The van der Waals surface area contributed by atoms with Crippen molar-refractivity contribution in [3.63, 3.8) is 0 Å². The molecule has 0 radical (unpaired) electrons. The van der Waals surface area contributed by atoms with Crippen molar-refractivity contribution >= 4 is 47.1 Å². The first-order valence-electron chi connectivity index (χ1n) is 10.4. The van der Waals surface area contributed by atoms with Gasteiger partial charge in [-0.25, -0.2) is 15.0 Å². The van der Waals surface area contributed by atoms with Gasteiger partial charge in [-0.1, -0.05) is 19.9 Å². The topological polar surface area (TPSA) is 68.7 Å². The Labute approximate surface area is 201 Å². The normalized spacial score (nSPS) is 15.2. The van der Waals surface area contributed by atoms with Gasteiger partial charge in [0, 0.05) is 49.9 Å². The molecule has 3 rings (SSSR count). The number of nitrogens with one attached hydrogen (secondary N) is 2. The fourth-order valence-electron chi connectivity index (χ4n) is 3.19. The van der Waals surface area contributed by atoms with E-state index in [1.165, 1.54) is 0 Å². The SMILES string of the molecule is CCNC(=NCc1cccnc1N1CCN(C)CC1)NCc1nc(C(C)C)cs1.I. The zero-order valence-corrected chi connectivity index (χ0v) is 21.5. The van der Waals surface area contributed by atoms with E-state index in [4.69, 9.17) is 9.98 Å². The lowest BCUT2D eigenvalue weighted by molar-refractivity contribution is 0.312. The average Bonchev–Trinajstić information content (AvgIpc) is 3.20. The highest BCUT2D eigenvalue weighted by atomic mass is 127. The Kier molecular flexibility index (Phi) is 10.3. The van der Waals surface area contributed by atoms with Crippen LogP contribution in [0.4, 0.5) is 5.82 Å². The van der Waals surface area contributed by atoms with Crippen molar-refractivity contribution in [1.82, 2.24) is 25.5 Å². The van der Waals surface area contributed by atoms with E-state index >= 15 is 0 Å². The summed E-state index contributed by atoms with van der Waals surface area (Å²) < 4.78 is 0. The quantitative estimate of drug-likeness (QED) is 0.318. The number of pyridine rings is 1. The van der Waals surface area contributed by atoms with E-state index in [0.717, 1.165) is 60.8 Å². The van der Waals surface area contributed by atoms with Gasteiger partial charge in [-0.2, -0.15) is 0 Å². The molecule has 30 heavy (non-hydrogen) atoms. The molecule has 2 N–H and O–H groups in total. The largest absolute Gasteiger partial charge is 0.357 e. The first-order valence-corrected chi connectivity index (χ1v) is 11.3. The second-order valence-corrected chi connectivity index (χ2v) is 8.59. The van der Waals surface area contributed by atoms with Gasteiger partial charge < -0.3 is 20.4 Å². The molecule has 0 aliphatic carbocycles. The van der Waals surface area contributed by atoms with Crippen LogP contribution in [-0.4, -0.2) is 60.6 Å². The van der Waals surface area contributed by atoms with Crippen LogP contribution in [0.15, 0.2) is 28.7 Å². The highest BCUT2D eigenvalue weighted by Gasteiger charge is 2.17. The number of halogens is 1. The van der Waals surface area contributed by atoms with Gasteiger partial charge in [0.25, 0.3) is 0 Å². The molecule has 0 amide bonds. The molecule has 2 aromatic heterocycles. The number of guanidine groups is 1. The summed E-state index contributed by atoms with van der Waals surface area (Å²) in [7, 11) is 2.17. The zero-order valence-electron chi connectivity index (χ0n) is 18.4. The minimum atomic E-state index is 0. The maximum Gasteiger partial charge on any atom is 0.191 e. The summed E-state index contributed by atoms with van der Waals surface area (Å²) in [6.45, 7) is 12.7. The van der Waals surface area contributed by atoms with E-state index in [1.54, 1.807) is 11.3 Å². The monoisotopic (exact) mass is 543 g/mol. The van der Waals surface area contributed by atoms with E-state index in [2.05, 4.69) is 64.7 Å². The molecule has 3 heterocycles. The molecular formula is C21H34IN7S. The van der Waals surface area contributed by atoms with Crippen molar-refractivity contribution in [2.75, 3.05) is 44.7 Å². The fraction of sp³-hybridized carbons (Fsp3) is 0.571. The number of hydrogen-bond acceptors (Lipinski definition) is 6. The summed E-state index contributed by atoms with van der Waals surface area (Å²) in [4.78, 5) is 18.9. The Morgan fingerprint density at radius 2 is 2.00 bits per heavy atom. The molecule has 0 unspecified atom stereocenters. The number of nitrogens with zero attached hydrogens (tertiary/aromatic N) is 5. The molecule has 0 aromatic carbocycles. The third-order valence-corrected chi connectivity index (χ3v) is 5.86. The van der Waals surface area contributed by atoms with Crippen molar-refractivity contribution in [3.8, 4) is 0 Å². The molecule has 0 bridgehead atoms. The van der Waals surface area contributed by atoms with Crippen molar-refractivity contribution in [1.29, 1.82) is 0 Å². The van der Waals surface area contributed by atoms with Crippen LogP contribution >= 0.6 is 35.3 Å². The first-order chi connectivity index (χ1) is 14.1. The molecule has 166 valence electrons. The van der Waals surface area contributed by atoms with Gasteiger partial charge in [-0.15, -0.1) is 35.3 Å². The van der Waals surface area contributed by atoms with Crippen LogP contribution in [0, 0.1) is 0 Å². The lowest BCUT2D eigenvalue weighted by atomic mass is 10.2. The summed E-state index contributed by atoms with van der Waals surface area (Å²) in [6.07, 6.45) is 1.87. The number of piperazine rings is 1. The Balaban J connectivity index is 0.00000320. The maximum absolute atomic E-state index is 4.81. The average molecular weight is 544 g/mol. The Hall–Kier alpha value is -1.46. The highest BCUT2D eigenvalue weighted by Crippen LogP contribution is 2.20. The minimum absolute atomic E-state index is 0. The Morgan fingerprint density at radius 1 is 1.23 bits per heavy atom. The van der Waals surface area contributed by atoms with Crippen molar-refractivity contribution < 1.29 is 0 Å². The van der Waals surface area contributed by atoms with Gasteiger partial charge >= 0.3 is 0 Å². The van der Waals surface area contributed by atoms with Crippen LogP contribution in [0.2, 0.25) is 0 Å². The first kappa shape index (κ1) is 24.8. The molecule has 2 aromatic rings. The van der Waals surface area contributed by atoms with Gasteiger partial charge in [0.05, 0.1) is 18.8 Å². The molecule has 1 aliphatic heterocycles. The van der Waals surface area contributed by atoms with Crippen molar-refractivity contribution in [2.24, 2.45) is 4.99 Å². The van der Waals surface area contributed by atoms with Crippen molar-refractivity contribution in [3.05, 3.63) is 40.0 Å². The van der Waals surface area contributed by atoms with Crippen LogP contribution in [0.1, 0.15) is 43.0 Å². The summed E-state index contributed by atoms with van der Waals surface area (Å²) in [5.74, 6) is 2.32. The molecule has 9 heteroatoms. The molecule has 0 spiro atoms. The number of anilines is 1. The molecule has 1 fully saturated rings. The van der Waals surface area contributed by atoms with E-state index in [9.17, 15) is 0 Å². The smallest absolute Gasteiger partial charge is 0.191 e. The number of aromatic nitrogens is 2. The number of hydrogen-bond donors (Lipinski definition) is 2. The highest BCUT2D eigenvalue weighted by molar-refractivity contribution is 14.0. The molecule has 0 atom stereocenters. The molecule has 1 saturated heterocycles. The van der Waals surface area contributed by atoms with Gasteiger partial charge in [0.15, 0.2) is 5.96 Å². The summed E-state index contributed by atoms with van der Waals surface area (Å²) >= 11 is 1.70. The third kappa shape index (κ3) is 7.05. The third-order valence-electron chi connectivity index (χ3n) is 4.99. The molecule has 1 aliphatic rings. The van der Waals surface area contributed by atoms with Gasteiger partial charge in [0.2, 0.25) is 0 Å². The summed E-state index contributed by atoms with van der Waals surface area (Å²) in [5, 5.41) is 9.97. The van der Waals surface area contributed by atoms with Gasteiger partial charge in [-0.05, 0) is 26.0 Å². The van der Waals surface area contributed by atoms with E-state index in [-0.39, 0.29) is 24.0 Å². The van der Waals surface area contributed by atoms with Crippen LogP contribution in [0.3, 0.4) is 0 Å². The number of aliphatic imine (C=N–C) groups is 1. The predicted molar refractivity (Wildman–Crippen MR) is 137 cm³/mol. The van der Waals surface area contributed by atoms with Crippen LogP contribution in [0.25, 0.3) is 0 Å². The Bertz CT molecular complexity index is 800. The molecule has 0 saturated carbocycles. The maximum atomic E-state index is 4.81. The minimum Gasteiger partial charge on any atom is -0.357 e. The lowest BCUT2D eigenvalue weighted by Crippen LogP contribution is -2.45. The number of thiazole rings is 1. The number of rotatable bonds is 7. The van der Waals surface area contributed by atoms with Gasteiger partial charge in [0.1, 0.15) is 10.8 Å². The number of likely N-dealkylation sites (N-methyl/N-ethyl adjacent to an activating group) is 1. The zero-order chi connectivity index (χ0) is 20.6. The predicted octanol–water partition coefficient (Wildman–Crippen LogP) is 3.29. The van der Waals surface area contributed by atoms with Crippen LogP contribution in [-0.2, 0) is 13.1 Å². The standard InChI is InChI=1S/C21H33N7S.HI/c1-5-22-21(25-14-19-26-18(15-29-19)16(2)3)24-13-17-7-6-8-23-20(17)28-11-9-27(4)10-12-28;/h6-8,15-16H,5,9-14H2,1-4H3,(H2,22,24,25);1H. The summed E-state index contributed by atoms with van der Waals surface area (Å²) in [6, 6.07) is 4.12. The summed E-state index contributed by atoms with van der Waals surface area (Å²) in [5.41, 5.74) is 2.31. The molecule has 7 nitrogen and oxygen atoms in total. The van der Waals surface area contributed by atoms with Crippen LogP contribution in [0.5, 0.6) is 0 Å². The second kappa shape index (κ2) is 12.4. The Morgan fingerprint density at radius 3 is 2.67 bits per heavy atom. The lowest BCUT2D eigenvalue weighted by Gasteiger charge is -2.34. The van der Waals surface area contributed by atoms with Crippen molar-refractivity contribution in [2.45, 2.75) is 39.8 Å². The van der Waals surface area contributed by atoms with E-state index in [0.29, 0.717) is 19.0 Å². The fourth-order valence-corrected chi connectivity index (χ4v) is 4.09. The van der Waals surface area contributed by atoms with Crippen LogP contribution < -0.4 is 15.5 Å². The second-order valence-electron chi connectivity index (χ2n) is 7.65. The van der Waals surface area contributed by atoms with E-state index in [1.807, 2.05) is 12.3 Å². The molecular weight excluding hydrogens is 509 g/mol. The van der Waals surface area contributed by atoms with E-state index < -0.39 is 0 Å². The van der Waals surface area contributed by atoms with Gasteiger partial charge in [-0.3, -0.25) is 0 Å².